The summed E-state index contributed by atoms with van der Waals surface area (Å²) in [6.07, 6.45) is 0.304. The summed E-state index contributed by atoms with van der Waals surface area (Å²) in [7, 11) is 3.35. The topological polar surface area (TPSA) is 71.5 Å². The van der Waals surface area contributed by atoms with Gasteiger partial charge >= 0.3 is 0 Å². The van der Waals surface area contributed by atoms with Crippen LogP contribution in [0.1, 0.15) is 22.0 Å². The van der Waals surface area contributed by atoms with Crippen molar-refractivity contribution < 1.29 is 14.3 Å². The summed E-state index contributed by atoms with van der Waals surface area (Å²) in [5, 5.41) is 3.80. The van der Waals surface area contributed by atoms with Crippen molar-refractivity contribution in [3.8, 4) is 0 Å². The third kappa shape index (κ3) is 3.34. The van der Waals surface area contributed by atoms with E-state index in [1.807, 2.05) is 6.92 Å². The van der Waals surface area contributed by atoms with Crippen molar-refractivity contribution in [2.75, 3.05) is 20.7 Å². The molecular formula is C13H19N3O3S. The predicted molar refractivity (Wildman–Crippen MR) is 75.2 cm³/mol. The smallest absolute Gasteiger partial charge is 0.225 e. The lowest BCUT2D eigenvalue weighted by Gasteiger charge is -2.10. The van der Waals surface area contributed by atoms with Gasteiger partial charge in [0, 0.05) is 32.0 Å². The molecule has 1 aromatic heterocycles. The first-order valence-electron chi connectivity index (χ1n) is 6.47. The van der Waals surface area contributed by atoms with E-state index < -0.39 is 0 Å². The molecule has 0 spiro atoms. The predicted octanol–water partition coefficient (Wildman–Crippen LogP) is 0.692. The molecule has 0 unspecified atom stereocenters. The Bertz CT molecular complexity index is 515. The minimum atomic E-state index is -0.237. The van der Waals surface area contributed by atoms with Crippen molar-refractivity contribution in [3.63, 3.8) is 0 Å². The molecule has 0 bridgehead atoms. The Kier molecular flexibility index (Phi) is 4.72. The van der Waals surface area contributed by atoms with Crippen molar-refractivity contribution >= 4 is 23.2 Å². The van der Waals surface area contributed by atoms with E-state index in [1.54, 1.807) is 30.4 Å². The van der Waals surface area contributed by atoms with E-state index in [1.165, 1.54) is 0 Å². The van der Waals surface area contributed by atoms with Crippen molar-refractivity contribution in [1.29, 1.82) is 0 Å². The Labute approximate surface area is 122 Å². The molecule has 20 heavy (non-hydrogen) atoms. The van der Waals surface area contributed by atoms with Gasteiger partial charge in [0.1, 0.15) is 5.01 Å². The summed E-state index contributed by atoms with van der Waals surface area (Å²) in [4.78, 5) is 30.4. The zero-order valence-corrected chi connectivity index (χ0v) is 12.7. The number of hydrogen-bond acceptors (Lipinski definition) is 5. The first-order valence-corrected chi connectivity index (χ1v) is 7.28. The highest BCUT2D eigenvalue weighted by molar-refractivity contribution is 7.11. The molecule has 1 aliphatic heterocycles. The second-order valence-corrected chi connectivity index (χ2v) is 6.11. The maximum absolute atomic E-state index is 12.0. The molecular weight excluding hydrogens is 278 g/mol. The molecule has 7 heteroatoms. The zero-order valence-electron chi connectivity index (χ0n) is 11.9. The quantitative estimate of drug-likeness (QED) is 0.868. The normalized spacial score (nSPS) is 18.6. The molecule has 0 radical (unpaired) electrons. The number of hydrogen-bond donors (Lipinski definition) is 1. The van der Waals surface area contributed by atoms with Crippen LogP contribution < -0.4 is 5.32 Å². The van der Waals surface area contributed by atoms with Gasteiger partial charge in [-0.05, 0) is 6.92 Å². The third-order valence-electron chi connectivity index (χ3n) is 3.34. The fourth-order valence-corrected chi connectivity index (χ4v) is 3.17. The molecule has 1 aromatic rings. The molecule has 0 aliphatic carbocycles. The molecule has 2 rings (SSSR count). The van der Waals surface area contributed by atoms with Crippen LogP contribution in [0.2, 0.25) is 0 Å². The van der Waals surface area contributed by atoms with Crippen molar-refractivity contribution in [1.82, 2.24) is 15.2 Å². The third-order valence-corrected chi connectivity index (χ3v) is 4.47. The van der Waals surface area contributed by atoms with Gasteiger partial charge in [-0.3, -0.25) is 9.59 Å². The number of ether oxygens (including phenoxy) is 1. The standard InChI is InChI=1S/C13H19N3O3S/c1-8-10(20-11(15-8)7-19-3)5-14-13(18)9-4-12(17)16(2)6-9/h9H,4-7H2,1-3H3,(H,14,18)/t9-/m0/s1. The molecule has 6 nitrogen and oxygen atoms in total. The van der Waals surface area contributed by atoms with E-state index in [0.29, 0.717) is 26.1 Å². The number of carbonyl (C=O) groups excluding carboxylic acids is 2. The Morgan fingerprint density at radius 3 is 2.95 bits per heavy atom. The van der Waals surface area contributed by atoms with E-state index in [0.717, 1.165) is 15.6 Å². The number of aromatic nitrogens is 1. The summed E-state index contributed by atoms with van der Waals surface area (Å²) in [6, 6.07) is 0. The summed E-state index contributed by atoms with van der Waals surface area (Å²) < 4.78 is 5.04. The summed E-state index contributed by atoms with van der Waals surface area (Å²) >= 11 is 1.54. The Morgan fingerprint density at radius 2 is 2.35 bits per heavy atom. The lowest BCUT2D eigenvalue weighted by atomic mass is 10.1. The molecule has 1 aliphatic rings. The highest BCUT2D eigenvalue weighted by Gasteiger charge is 2.31. The van der Waals surface area contributed by atoms with Gasteiger partial charge in [0.2, 0.25) is 11.8 Å². The van der Waals surface area contributed by atoms with Crippen LogP contribution in [-0.2, 0) is 27.5 Å². The number of nitrogens with one attached hydrogen (secondary N) is 1. The van der Waals surface area contributed by atoms with E-state index in [2.05, 4.69) is 10.3 Å². The van der Waals surface area contributed by atoms with Crippen LogP contribution in [0.4, 0.5) is 0 Å². The number of carbonyl (C=O) groups is 2. The van der Waals surface area contributed by atoms with Gasteiger partial charge < -0.3 is 15.0 Å². The summed E-state index contributed by atoms with van der Waals surface area (Å²) in [5.41, 5.74) is 0.918. The molecule has 1 saturated heterocycles. The van der Waals surface area contributed by atoms with Gasteiger partial charge in [-0.25, -0.2) is 4.98 Å². The fourth-order valence-electron chi connectivity index (χ4n) is 2.19. The average molecular weight is 297 g/mol. The molecule has 1 fully saturated rings. The van der Waals surface area contributed by atoms with Gasteiger partial charge in [-0.2, -0.15) is 0 Å². The second-order valence-electron chi connectivity index (χ2n) is 4.94. The van der Waals surface area contributed by atoms with E-state index in [9.17, 15) is 9.59 Å². The number of methoxy groups -OCH3 is 1. The Balaban J connectivity index is 1.89. The highest BCUT2D eigenvalue weighted by Crippen LogP contribution is 2.20. The van der Waals surface area contributed by atoms with Crippen LogP contribution in [0.5, 0.6) is 0 Å². The van der Waals surface area contributed by atoms with Crippen molar-refractivity contribution in [3.05, 3.63) is 15.6 Å². The SMILES string of the molecule is COCc1nc(C)c(CNC(=O)[C@H]2CC(=O)N(C)C2)s1. The number of nitrogens with zero attached hydrogens (tertiary/aromatic N) is 2. The number of likely N-dealkylation sites (tertiary alicyclic amines) is 1. The number of thiazole rings is 1. The van der Waals surface area contributed by atoms with E-state index >= 15 is 0 Å². The van der Waals surface area contributed by atoms with Gasteiger partial charge in [0.05, 0.1) is 24.8 Å². The number of rotatable bonds is 5. The van der Waals surface area contributed by atoms with Crippen molar-refractivity contribution in [2.24, 2.45) is 5.92 Å². The lowest BCUT2D eigenvalue weighted by Crippen LogP contribution is -2.31. The lowest BCUT2D eigenvalue weighted by molar-refractivity contribution is -0.128. The van der Waals surface area contributed by atoms with E-state index in [-0.39, 0.29) is 17.7 Å². The largest absolute Gasteiger partial charge is 0.378 e. The van der Waals surface area contributed by atoms with Crippen LogP contribution in [0.25, 0.3) is 0 Å². The van der Waals surface area contributed by atoms with Gasteiger partial charge in [-0.1, -0.05) is 0 Å². The van der Waals surface area contributed by atoms with Crippen LogP contribution >= 0.6 is 11.3 Å². The minimum absolute atomic E-state index is 0.0292. The monoisotopic (exact) mass is 297 g/mol. The fraction of sp³-hybridized carbons (Fsp3) is 0.615. The number of amides is 2. The average Bonchev–Trinajstić information content (AvgIpc) is 2.91. The van der Waals surface area contributed by atoms with Gasteiger partial charge in [0.25, 0.3) is 0 Å². The minimum Gasteiger partial charge on any atom is -0.378 e. The first kappa shape index (κ1) is 14.9. The first-order chi connectivity index (χ1) is 9.51. The number of aryl methyl sites for hydroxylation is 1. The Hall–Kier alpha value is -1.47. The molecule has 2 amide bonds. The van der Waals surface area contributed by atoms with Crippen LogP contribution in [-0.4, -0.2) is 42.4 Å². The van der Waals surface area contributed by atoms with Crippen molar-refractivity contribution in [2.45, 2.75) is 26.5 Å². The van der Waals surface area contributed by atoms with E-state index in [4.69, 9.17) is 4.74 Å². The summed E-state index contributed by atoms with van der Waals surface area (Å²) in [5.74, 6) is -0.274. The molecule has 2 heterocycles. The maximum atomic E-state index is 12.0. The van der Waals surface area contributed by atoms with Crippen LogP contribution in [0, 0.1) is 12.8 Å². The van der Waals surface area contributed by atoms with Crippen LogP contribution in [0.3, 0.4) is 0 Å². The second kappa shape index (κ2) is 6.32. The molecule has 0 aromatic carbocycles. The van der Waals surface area contributed by atoms with Crippen LogP contribution in [0.15, 0.2) is 0 Å². The highest BCUT2D eigenvalue weighted by atomic mass is 32.1. The maximum Gasteiger partial charge on any atom is 0.225 e. The molecule has 0 saturated carbocycles. The molecule has 1 N–H and O–H groups in total. The summed E-state index contributed by atoms with van der Waals surface area (Å²) in [6.45, 7) is 3.37. The van der Waals surface area contributed by atoms with Gasteiger partial charge in [-0.15, -0.1) is 11.3 Å². The zero-order chi connectivity index (χ0) is 14.7. The Morgan fingerprint density at radius 1 is 1.60 bits per heavy atom. The molecule has 1 atom stereocenters. The van der Waals surface area contributed by atoms with Gasteiger partial charge in [0.15, 0.2) is 0 Å². The molecule has 110 valence electrons.